The summed E-state index contributed by atoms with van der Waals surface area (Å²) >= 11 is 0. The molecule has 0 bridgehead atoms. The van der Waals surface area contributed by atoms with Crippen LogP contribution in [-0.4, -0.2) is 0 Å². The van der Waals surface area contributed by atoms with Crippen molar-refractivity contribution >= 4 is 5.69 Å². The van der Waals surface area contributed by atoms with Crippen LogP contribution in [0.4, 0.5) is 23.2 Å². The van der Waals surface area contributed by atoms with E-state index in [9.17, 15) is 17.6 Å². The Kier molecular flexibility index (Phi) is 2.98. The number of halogens is 4. The van der Waals surface area contributed by atoms with E-state index in [1.807, 2.05) is 0 Å². The zero-order valence-corrected chi connectivity index (χ0v) is 9.13. The standard InChI is InChI=1S/C13H9F4N/c14-12-4-2-1-3-10(12)9-6-5-8(18)7-11(9)13(15,16)17/h1-7H,18H2. The van der Waals surface area contributed by atoms with Crippen molar-refractivity contribution in [1.82, 2.24) is 0 Å². The molecule has 0 heterocycles. The summed E-state index contributed by atoms with van der Waals surface area (Å²) in [4.78, 5) is 0. The lowest BCUT2D eigenvalue weighted by molar-refractivity contribution is -0.137. The molecule has 1 nitrogen and oxygen atoms in total. The zero-order chi connectivity index (χ0) is 13.3. The number of anilines is 1. The van der Waals surface area contributed by atoms with Crippen LogP contribution in [0.3, 0.4) is 0 Å². The molecule has 0 unspecified atom stereocenters. The minimum absolute atomic E-state index is 0.0117. The number of alkyl halides is 3. The molecule has 0 radical (unpaired) electrons. The van der Waals surface area contributed by atoms with Crippen LogP contribution in [0, 0.1) is 5.82 Å². The lowest BCUT2D eigenvalue weighted by atomic mass is 9.98. The van der Waals surface area contributed by atoms with E-state index in [2.05, 4.69) is 0 Å². The van der Waals surface area contributed by atoms with Gasteiger partial charge in [-0.3, -0.25) is 0 Å². The van der Waals surface area contributed by atoms with Gasteiger partial charge in [-0.25, -0.2) is 4.39 Å². The van der Waals surface area contributed by atoms with E-state index < -0.39 is 17.6 Å². The Morgan fingerprint density at radius 1 is 0.889 bits per heavy atom. The summed E-state index contributed by atoms with van der Waals surface area (Å²) in [5, 5.41) is 0. The van der Waals surface area contributed by atoms with Crippen molar-refractivity contribution in [3.63, 3.8) is 0 Å². The van der Waals surface area contributed by atoms with Gasteiger partial charge in [0.2, 0.25) is 0 Å². The van der Waals surface area contributed by atoms with Gasteiger partial charge >= 0.3 is 6.18 Å². The minimum atomic E-state index is -4.58. The number of rotatable bonds is 1. The Hall–Kier alpha value is -2.04. The molecule has 0 aliphatic heterocycles. The second kappa shape index (κ2) is 4.33. The molecular weight excluding hydrogens is 246 g/mol. The molecule has 18 heavy (non-hydrogen) atoms. The lowest BCUT2D eigenvalue weighted by Gasteiger charge is -2.14. The first-order valence-electron chi connectivity index (χ1n) is 5.11. The molecule has 0 saturated heterocycles. The lowest BCUT2D eigenvalue weighted by Crippen LogP contribution is -2.08. The van der Waals surface area contributed by atoms with Crippen molar-refractivity contribution in [1.29, 1.82) is 0 Å². The number of hydrogen-bond donors (Lipinski definition) is 1. The fraction of sp³-hybridized carbons (Fsp3) is 0.0769. The summed E-state index contributed by atoms with van der Waals surface area (Å²) < 4.78 is 52.1. The van der Waals surface area contributed by atoms with Gasteiger partial charge in [-0.05, 0) is 23.8 Å². The van der Waals surface area contributed by atoms with Crippen LogP contribution in [0.15, 0.2) is 42.5 Å². The normalized spacial score (nSPS) is 11.6. The van der Waals surface area contributed by atoms with E-state index in [1.165, 1.54) is 30.3 Å². The van der Waals surface area contributed by atoms with Crippen LogP contribution in [0.2, 0.25) is 0 Å². The Labute approximate surface area is 101 Å². The maximum atomic E-state index is 13.5. The molecule has 0 aromatic heterocycles. The SMILES string of the molecule is Nc1ccc(-c2ccccc2F)c(C(F)(F)F)c1. The molecule has 0 amide bonds. The van der Waals surface area contributed by atoms with Gasteiger partial charge in [-0.1, -0.05) is 24.3 Å². The summed E-state index contributed by atoms with van der Waals surface area (Å²) in [6.45, 7) is 0. The molecule has 0 fully saturated rings. The molecule has 2 aromatic carbocycles. The molecule has 0 aliphatic rings. The van der Waals surface area contributed by atoms with Crippen LogP contribution >= 0.6 is 0 Å². The van der Waals surface area contributed by atoms with E-state index >= 15 is 0 Å². The van der Waals surface area contributed by atoms with E-state index in [4.69, 9.17) is 5.73 Å². The molecule has 94 valence electrons. The monoisotopic (exact) mass is 255 g/mol. The third kappa shape index (κ3) is 2.30. The summed E-state index contributed by atoms with van der Waals surface area (Å²) in [7, 11) is 0. The average Bonchev–Trinajstić information content (AvgIpc) is 2.29. The Bertz CT molecular complexity index is 575. The molecule has 0 aliphatic carbocycles. The molecule has 0 spiro atoms. The second-order valence-corrected chi connectivity index (χ2v) is 3.78. The van der Waals surface area contributed by atoms with Crippen molar-refractivity contribution in [3.05, 3.63) is 53.8 Å². The van der Waals surface area contributed by atoms with Gasteiger partial charge in [0.05, 0.1) is 5.56 Å². The molecule has 0 saturated carbocycles. The van der Waals surface area contributed by atoms with Gasteiger partial charge in [0, 0.05) is 11.3 Å². The highest BCUT2D eigenvalue weighted by molar-refractivity contribution is 5.71. The van der Waals surface area contributed by atoms with Crippen LogP contribution in [0.1, 0.15) is 5.56 Å². The summed E-state index contributed by atoms with van der Waals surface area (Å²) in [5.74, 6) is -0.701. The quantitative estimate of drug-likeness (QED) is 0.602. The van der Waals surface area contributed by atoms with Crippen molar-refractivity contribution in [2.45, 2.75) is 6.18 Å². The van der Waals surface area contributed by atoms with Crippen LogP contribution < -0.4 is 5.73 Å². The molecule has 5 heteroatoms. The summed E-state index contributed by atoms with van der Waals surface area (Å²) in [6.07, 6.45) is -4.58. The molecular formula is C13H9F4N. The number of nitrogen functional groups attached to an aromatic ring is 1. The van der Waals surface area contributed by atoms with Gasteiger partial charge in [0.1, 0.15) is 5.82 Å². The molecule has 0 atom stereocenters. The smallest absolute Gasteiger partial charge is 0.399 e. The van der Waals surface area contributed by atoms with E-state index in [1.54, 1.807) is 0 Å². The predicted octanol–water partition coefficient (Wildman–Crippen LogP) is 4.09. The van der Waals surface area contributed by atoms with Crippen molar-refractivity contribution < 1.29 is 17.6 Å². The third-order valence-corrected chi connectivity index (χ3v) is 2.51. The van der Waals surface area contributed by atoms with Gasteiger partial charge in [-0.2, -0.15) is 13.2 Å². The van der Waals surface area contributed by atoms with Crippen LogP contribution in [-0.2, 0) is 6.18 Å². The zero-order valence-electron chi connectivity index (χ0n) is 9.13. The highest BCUT2D eigenvalue weighted by Crippen LogP contribution is 2.38. The first kappa shape index (κ1) is 12.4. The number of benzene rings is 2. The second-order valence-electron chi connectivity index (χ2n) is 3.78. The fourth-order valence-electron chi connectivity index (χ4n) is 1.71. The number of hydrogen-bond acceptors (Lipinski definition) is 1. The highest BCUT2D eigenvalue weighted by Gasteiger charge is 2.34. The topological polar surface area (TPSA) is 26.0 Å². The van der Waals surface area contributed by atoms with Gasteiger partial charge in [-0.15, -0.1) is 0 Å². The first-order valence-corrected chi connectivity index (χ1v) is 5.11. The van der Waals surface area contributed by atoms with E-state index in [0.29, 0.717) is 0 Å². The Morgan fingerprint density at radius 2 is 1.56 bits per heavy atom. The Balaban J connectivity index is 2.69. The van der Waals surface area contributed by atoms with E-state index in [0.717, 1.165) is 12.1 Å². The number of nitrogens with two attached hydrogens (primary N) is 1. The highest BCUT2D eigenvalue weighted by atomic mass is 19.4. The van der Waals surface area contributed by atoms with Crippen LogP contribution in [0.5, 0.6) is 0 Å². The summed E-state index contributed by atoms with van der Waals surface area (Å²) in [5.41, 5.74) is 4.09. The molecule has 2 rings (SSSR count). The van der Waals surface area contributed by atoms with Gasteiger partial charge < -0.3 is 5.73 Å². The maximum Gasteiger partial charge on any atom is 0.417 e. The van der Waals surface area contributed by atoms with Crippen molar-refractivity contribution in [3.8, 4) is 11.1 Å². The van der Waals surface area contributed by atoms with Crippen molar-refractivity contribution in [2.75, 3.05) is 5.73 Å². The Morgan fingerprint density at radius 3 is 2.17 bits per heavy atom. The fourth-order valence-corrected chi connectivity index (χ4v) is 1.71. The predicted molar refractivity (Wildman–Crippen MR) is 61.3 cm³/mol. The maximum absolute atomic E-state index is 13.5. The van der Waals surface area contributed by atoms with E-state index in [-0.39, 0.29) is 16.8 Å². The molecule has 2 aromatic rings. The molecule has 2 N–H and O–H groups in total. The average molecular weight is 255 g/mol. The minimum Gasteiger partial charge on any atom is -0.399 e. The van der Waals surface area contributed by atoms with Crippen molar-refractivity contribution in [2.24, 2.45) is 0 Å². The largest absolute Gasteiger partial charge is 0.417 e. The summed E-state index contributed by atoms with van der Waals surface area (Å²) in [6, 6.07) is 8.62. The van der Waals surface area contributed by atoms with Gasteiger partial charge in [0.25, 0.3) is 0 Å². The first-order chi connectivity index (χ1) is 8.39. The third-order valence-electron chi connectivity index (χ3n) is 2.51. The van der Waals surface area contributed by atoms with Gasteiger partial charge in [0.15, 0.2) is 0 Å². The van der Waals surface area contributed by atoms with Crippen LogP contribution in [0.25, 0.3) is 11.1 Å².